The molecule has 3 rings (SSSR count). The molecule has 0 bridgehead atoms. The Morgan fingerprint density at radius 2 is 2.27 bits per heavy atom. The molecule has 0 spiro atoms. The highest BCUT2D eigenvalue weighted by Gasteiger charge is 2.22. The fraction of sp³-hybridized carbons (Fsp3) is 0.312. The van der Waals surface area contributed by atoms with Gasteiger partial charge in [-0.25, -0.2) is 4.98 Å². The van der Waals surface area contributed by atoms with Gasteiger partial charge in [-0.3, -0.25) is 9.78 Å². The normalized spacial score (nSPS) is 18.0. The molecule has 0 aliphatic carbocycles. The minimum atomic E-state index is -0.0141. The van der Waals surface area contributed by atoms with Gasteiger partial charge in [0.05, 0.1) is 6.20 Å². The van der Waals surface area contributed by atoms with E-state index < -0.39 is 0 Å². The molecule has 2 N–H and O–H groups in total. The van der Waals surface area contributed by atoms with E-state index in [-0.39, 0.29) is 11.9 Å². The molecular formula is C16H18N4O2. The standard InChI is InChI=1S/C16H18N4O2/c17-13-4-2-8-20(11-13)16(21)12-3-1-5-14(9-12)22-15-10-18-6-7-19-15/h1,3,5-7,9-10,13H,2,4,8,11,17H2. The number of ether oxygens (including phenoxy) is 1. The number of carbonyl (C=O) groups is 1. The third-order valence-electron chi connectivity index (χ3n) is 3.59. The van der Waals surface area contributed by atoms with Crippen LogP contribution in [0.3, 0.4) is 0 Å². The summed E-state index contributed by atoms with van der Waals surface area (Å²) in [6, 6.07) is 7.15. The number of benzene rings is 1. The molecule has 1 saturated heterocycles. The van der Waals surface area contributed by atoms with Crippen LogP contribution in [0, 0.1) is 0 Å². The quantitative estimate of drug-likeness (QED) is 0.935. The van der Waals surface area contributed by atoms with Crippen LogP contribution in [0.25, 0.3) is 0 Å². The van der Waals surface area contributed by atoms with Crippen molar-refractivity contribution < 1.29 is 9.53 Å². The maximum atomic E-state index is 12.5. The number of amides is 1. The molecule has 0 radical (unpaired) electrons. The summed E-state index contributed by atoms with van der Waals surface area (Å²) in [5.74, 6) is 0.944. The number of hydrogen-bond donors (Lipinski definition) is 1. The second-order valence-electron chi connectivity index (χ2n) is 5.33. The number of carbonyl (C=O) groups excluding carboxylic acids is 1. The van der Waals surface area contributed by atoms with Crippen LogP contribution in [0.5, 0.6) is 11.6 Å². The average molecular weight is 298 g/mol. The molecule has 6 heteroatoms. The van der Waals surface area contributed by atoms with E-state index in [1.165, 1.54) is 6.20 Å². The maximum Gasteiger partial charge on any atom is 0.254 e. The highest BCUT2D eigenvalue weighted by Crippen LogP contribution is 2.21. The monoisotopic (exact) mass is 298 g/mol. The number of nitrogens with two attached hydrogens (primary N) is 1. The van der Waals surface area contributed by atoms with Crippen molar-refractivity contribution in [3.05, 3.63) is 48.4 Å². The van der Waals surface area contributed by atoms with E-state index in [9.17, 15) is 4.79 Å². The SMILES string of the molecule is NC1CCCN(C(=O)c2cccc(Oc3cnccn3)c2)C1. The third kappa shape index (κ3) is 3.40. The lowest BCUT2D eigenvalue weighted by molar-refractivity contribution is 0.0708. The summed E-state index contributed by atoms with van der Waals surface area (Å²) in [5, 5.41) is 0. The van der Waals surface area contributed by atoms with E-state index in [1.54, 1.807) is 41.6 Å². The largest absolute Gasteiger partial charge is 0.437 e. The second-order valence-corrected chi connectivity index (χ2v) is 5.33. The number of nitrogens with zero attached hydrogens (tertiary/aromatic N) is 3. The van der Waals surface area contributed by atoms with E-state index in [1.807, 2.05) is 0 Å². The summed E-state index contributed by atoms with van der Waals surface area (Å²) in [5.41, 5.74) is 6.53. The van der Waals surface area contributed by atoms with E-state index >= 15 is 0 Å². The number of likely N-dealkylation sites (tertiary alicyclic amines) is 1. The van der Waals surface area contributed by atoms with Crippen molar-refractivity contribution in [3.63, 3.8) is 0 Å². The van der Waals surface area contributed by atoms with Gasteiger partial charge < -0.3 is 15.4 Å². The van der Waals surface area contributed by atoms with Crippen molar-refractivity contribution >= 4 is 5.91 Å². The molecule has 1 atom stereocenters. The first-order valence-electron chi connectivity index (χ1n) is 7.31. The lowest BCUT2D eigenvalue weighted by Gasteiger charge is -2.30. The van der Waals surface area contributed by atoms with Crippen LogP contribution < -0.4 is 10.5 Å². The van der Waals surface area contributed by atoms with Crippen LogP contribution in [0.1, 0.15) is 23.2 Å². The predicted octanol–water partition coefficient (Wildman–Crippen LogP) is 1.83. The zero-order valence-corrected chi connectivity index (χ0v) is 12.2. The van der Waals surface area contributed by atoms with E-state index in [0.29, 0.717) is 23.7 Å². The first-order valence-corrected chi connectivity index (χ1v) is 7.31. The summed E-state index contributed by atoms with van der Waals surface area (Å²) < 4.78 is 5.61. The minimum Gasteiger partial charge on any atom is -0.437 e. The van der Waals surface area contributed by atoms with Crippen molar-refractivity contribution in [3.8, 4) is 11.6 Å². The molecule has 22 heavy (non-hydrogen) atoms. The number of hydrogen-bond acceptors (Lipinski definition) is 5. The molecule has 2 heterocycles. The molecule has 1 aliphatic rings. The Labute approximate surface area is 128 Å². The van der Waals surface area contributed by atoms with Crippen molar-refractivity contribution in [1.29, 1.82) is 0 Å². The Kier molecular flexibility index (Phi) is 4.29. The molecule has 2 aromatic rings. The van der Waals surface area contributed by atoms with Crippen LogP contribution in [0.2, 0.25) is 0 Å². The van der Waals surface area contributed by atoms with Crippen LogP contribution in [-0.2, 0) is 0 Å². The Morgan fingerprint density at radius 1 is 1.36 bits per heavy atom. The van der Waals surface area contributed by atoms with E-state index in [4.69, 9.17) is 10.5 Å². The molecule has 1 fully saturated rings. The van der Waals surface area contributed by atoms with Gasteiger partial charge in [-0.15, -0.1) is 0 Å². The predicted molar refractivity (Wildman–Crippen MR) is 81.7 cm³/mol. The van der Waals surface area contributed by atoms with Crippen molar-refractivity contribution in [1.82, 2.24) is 14.9 Å². The fourth-order valence-corrected chi connectivity index (χ4v) is 2.53. The van der Waals surface area contributed by atoms with E-state index in [0.717, 1.165) is 19.4 Å². The molecule has 0 saturated carbocycles. The van der Waals surface area contributed by atoms with E-state index in [2.05, 4.69) is 9.97 Å². The second kappa shape index (κ2) is 6.53. The molecule has 6 nitrogen and oxygen atoms in total. The van der Waals surface area contributed by atoms with Gasteiger partial charge in [0.2, 0.25) is 5.88 Å². The van der Waals surface area contributed by atoms with Crippen molar-refractivity contribution in [2.24, 2.45) is 5.73 Å². The fourth-order valence-electron chi connectivity index (χ4n) is 2.53. The molecule has 1 amide bonds. The molecule has 1 aromatic heterocycles. The summed E-state index contributed by atoms with van der Waals surface area (Å²) >= 11 is 0. The Balaban J connectivity index is 1.74. The molecular weight excluding hydrogens is 280 g/mol. The van der Waals surface area contributed by atoms with Crippen LogP contribution in [-0.4, -0.2) is 39.9 Å². The van der Waals surface area contributed by atoms with Gasteiger partial charge in [0.15, 0.2) is 0 Å². The molecule has 1 aliphatic heterocycles. The Bertz CT molecular complexity index is 648. The Hall–Kier alpha value is -2.47. The zero-order valence-electron chi connectivity index (χ0n) is 12.2. The summed E-state index contributed by atoms with van der Waals surface area (Å²) in [6.45, 7) is 1.36. The van der Waals surface area contributed by atoms with Gasteiger partial charge in [0.1, 0.15) is 5.75 Å². The minimum absolute atomic E-state index is 0.0141. The van der Waals surface area contributed by atoms with Gasteiger partial charge in [0, 0.05) is 37.1 Å². The number of rotatable bonds is 3. The summed E-state index contributed by atoms with van der Waals surface area (Å²) in [4.78, 5) is 22.3. The number of piperidine rings is 1. The highest BCUT2D eigenvalue weighted by atomic mass is 16.5. The topological polar surface area (TPSA) is 81.3 Å². The summed E-state index contributed by atoms with van der Waals surface area (Å²) in [7, 11) is 0. The lowest BCUT2D eigenvalue weighted by Crippen LogP contribution is -2.45. The highest BCUT2D eigenvalue weighted by molar-refractivity contribution is 5.94. The Morgan fingerprint density at radius 3 is 3.05 bits per heavy atom. The van der Waals surface area contributed by atoms with Gasteiger partial charge in [-0.2, -0.15) is 0 Å². The van der Waals surface area contributed by atoms with Gasteiger partial charge >= 0.3 is 0 Å². The lowest BCUT2D eigenvalue weighted by atomic mass is 10.1. The van der Waals surface area contributed by atoms with Crippen LogP contribution in [0.15, 0.2) is 42.9 Å². The summed E-state index contributed by atoms with van der Waals surface area (Å²) in [6.07, 6.45) is 6.58. The van der Waals surface area contributed by atoms with Crippen molar-refractivity contribution in [2.75, 3.05) is 13.1 Å². The van der Waals surface area contributed by atoms with Crippen LogP contribution >= 0.6 is 0 Å². The molecule has 1 unspecified atom stereocenters. The first kappa shape index (κ1) is 14.5. The first-order chi connectivity index (χ1) is 10.7. The molecule has 114 valence electrons. The van der Waals surface area contributed by atoms with Gasteiger partial charge in [-0.05, 0) is 31.0 Å². The average Bonchev–Trinajstić information content (AvgIpc) is 2.55. The van der Waals surface area contributed by atoms with Crippen molar-refractivity contribution in [2.45, 2.75) is 18.9 Å². The number of aromatic nitrogens is 2. The van der Waals surface area contributed by atoms with Crippen LogP contribution in [0.4, 0.5) is 0 Å². The van der Waals surface area contributed by atoms with Gasteiger partial charge in [0.25, 0.3) is 5.91 Å². The maximum absolute atomic E-state index is 12.5. The third-order valence-corrected chi connectivity index (χ3v) is 3.59. The smallest absolute Gasteiger partial charge is 0.254 e. The van der Waals surface area contributed by atoms with Gasteiger partial charge in [-0.1, -0.05) is 6.07 Å². The molecule has 1 aromatic carbocycles. The zero-order chi connectivity index (χ0) is 15.4.